The second-order valence-electron chi connectivity index (χ2n) is 6.16. The zero-order valence-corrected chi connectivity index (χ0v) is 16.4. The van der Waals surface area contributed by atoms with E-state index in [2.05, 4.69) is 29.4 Å². The Morgan fingerprint density at radius 2 is 1.72 bits per heavy atom. The van der Waals surface area contributed by atoms with Gasteiger partial charge in [-0.1, -0.05) is 45.7 Å². The first-order chi connectivity index (χ1) is 11.9. The molecule has 1 rings (SSSR count). The van der Waals surface area contributed by atoms with Crippen LogP contribution in [0.4, 0.5) is 0 Å². The van der Waals surface area contributed by atoms with Crippen LogP contribution in [0.5, 0.6) is 0 Å². The SMILES string of the molecule is CCC(C)C(NC(=O)c1ccc(Cl)cc1)C(=O)NCCN(CC)CC. The summed E-state index contributed by atoms with van der Waals surface area (Å²) >= 11 is 5.85. The molecule has 0 spiro atoms. The summed E-state index contributed by atoms with van der Waals surface area (Å²) in [7, 11) is 0. The number of benzene rings is 1. The predicted molar refractivity (Wildman–Crippen MR) is 103 cm³/mol. The third-order valence-corrected chi connectivity index (χ3v) is 4.76. The number of amides is 2. The lowest BCUT2D eigenvalue weighted by Gasteiger charge is -2.24. The first-order valence-corrected chi connectivity index (χ1v) is 9.37. The zero-order valence-electron chi connectivity index (χ0n) is 15.6. The lowest BCUT2D eigenvalue weighted by Crippen LogP contribution is -2.51. The van der Waals surface area contributed by atoms with E-state index in [1.54, 1.807) is 24.3 Å². The van der Waals surface area contributed by atoms with Gasteiger partial charge in [0.2, 0.25) is 5.91 Å². The van der Waals surface area contributed by atoms with Gasteiger partial charge in [-0.25, -0.2) is 0 Å². The average Bonchev–Trinajstić information content (AvgIpc) is 2.62. The lowest BCUT2D eigenvalue weighted by molar-refractivity contribution is -0.124. The van der Waals surface area contributed by atoms with Crippen molar-refractivity contribution in [1.29, 1.82) is 0 Å². The van der Waals surface area contributed by atoms with Crippen LogP contribution in [0.25, 0.3) is 0 Å². The molecule has 1 aromatic rings. The van der Waals surface area contributed by atoms with E-state index in [1.165, 1.54) is 0 Å². The van der Waals surface area contributed by atoms with E-state index in [-0.39, 0.29) is 17.7 Å². The molecule has 1 aromatic carbocycles. The van der Waals surface area contributed by atoms with Crippen LogP contribution in [0.3, 0.4) is 0 Å². The molecule has 0 saturated heterocycles. The van der Waals surface area contributed by atoms with Gasteiger partial charge in [-0.15, -0.1) is 0 Å². The molecule has 0 saturated carbocycles. The molecule has 0 radical (unpaired) electrons. The fourth-order valence-electron chi connectivity index (χ4n) is 2.51. The third-order valence-electron chi connectivity index (χ3n) is 4.51. The van der Waals surface area contributed by atoms with Gasteiger partial charge in [-0.3, -0.25) is 9.59 Å². The van der Waals surface area contributed by atoms with Gasteiger partial charge in [-0.2, -0.15) is 0 Å². The summed E-state index contributed by atoms with van der Waals surface area (Å²) in [5.74, 6) is -0.352. The molecule has 6 heteroatoms. The summed E-state index contributed by atoms with van der Waals surface area (Å²) in [4.78, 5) is 27.2. The standard InChI is InChI=1S/C19H30ClN3O2/c1-5-14(4)17(19(25)21-12-13-23(6-2)7-3)22-18(24)15-8-10-16(20)11-9-15/h8-11,14,17H,5-7,12-13H2,1-4H3,(H,21,25)(H,22,24). The Morgan fingerprint density at radius 1 is 1.12 bits per heavy atom. The fourth-order valence-corrected chi connectivity index (χ4v) is 2.64. The number of nitrogens with one attached hydrogen (secondary N) is 2. The van der Waals surface area contributed by atoms with Crippen LogP contribution in [-0.2, 0) is 4.79 Å². The molecule has 2 atom stereocenters. The molecule has 0 bridgehead atoms. The molecule has 0 heterocycles. The maximum absolute atomic E-state index is 12.6. The molecule has 2 N–H and O–H groups in total. The highest BCUT2D eigenvalue weighted by atomic mass is 35.5. The molecule has 0 fully saturated rings. The Labute approximate surface area is 156 Å². The number of carbonyl (C=O) groups is 2. The predicted octanol–water partition coefficient (Wildman–Crippen LogP) is 2.94. The highest BCUT2D eigenvalue weighted by Gasteiger charge is 2.26. The van der Waals surface area contributed by atoms with Crippen LogP contribution in [0, 0.1) is 5.92 Å². The van der Waals surface area contributed by atoms with Crippen molar-refractivity contribution in [2.45, 2.75) is 40.2 Å². The second kappa shape index (κ2) is 11.1. The van der Waals surface area contributed by atoms with E-state index in [1.807, 2.05) is 13.8 Å². The minimum absolute atomic E-state index is 0.0460. The second-order valence-corrected chi connectivity index (χ2v) is 6.60. The van der Waals surface area contributed by atoms with Gasteiger partial charge in [0.1, 0.15) is 6.04 Å². The smallest absolute Gasteiger partial charge is 0.251 e. The Bertz CT molecular complexity index is 544. The van der Waals surface area contributed by atoms with Gasteiger partial charge in [0.15, 0.2) is 0 Å². The van der Waals surface area contributed by atoms with Gasteiger partial charge in [0.05, 0.1) is 0 Å². The number of hydrogen-bond donors (Lipinski definition) is 2. The third kappa shape index (κ3) is 7.04. The van der Waals surface area contributed by atoms with Gasteiger partial charge in [0.25, 0.3) is 5.91 Å². The summed E-state index contributed by atoms with van der Waals surface area (Å²) < 4.78 is 0. The number of halogens is 1. The van der Waals surface area contributed by atoms with Crippen molar-refractivity contribution in [1.82, 2.24) is 15.5 Å². The number of likely N-dealkylation sites (N-methyl/N-ethyl adjacent to an activating group) is 1. The molecule has 0 aliphatic heterocycles. The van der Waals surface area contributed by atoms with E-state index in [0.29, 0.717) is 17.1 Å². The number of nitrogens with zero attached hydrogens (tertiary/aromatic N) is 1. The first-order valence-electron chi connectivity index (χ1n) is 8.99. The molecule has 0 aliphatic carbocycles. The monoisotopic (exact) mass is 367 g/mol. The van der Waals surface area contributed by atoms with Crippen molar-refractivity contribution in [2.24, 2.45) is 5.92 Å². The summed E-state index contributed by atoms with van der Waals surface area (Å²) in [5, 5.41) is 6.38. The molecular formula is C19H30ClN3O2. The van der Waals surface area contributed by atoms with Crippen molar-refractivity contribution in [2.75, 3.05) is 26.2 Å². The van der Waals surface area contributed by atoms with Gasteiger partial charge < -0.3 is 15.5 Å². The van der Waals surface area contributed by atoms with Crippen molar-refractivity contribution >= 4 is 23.4 Å². The first kappa shape index (κ1) is 21.5. The Balaban J connectivity index is 2.68. The highest BCUT2D eigenvalue weighted by molar-refractivity contribution is 6.30. The molecule has 140 valence electrons. The highest BCUT2D eigenvalue weighted by Crippen LogP contribution is 2.12. The van der Waals surface area contributed by atoms with E-state index >= 15 is 0 Å². The fraction of sp³-hybridized carbons (Fsp3) is 0.579. The van der Waals surface area contributed by atoms with Gasteiger partial charge >= 0.3 is 0 Å². The van der Waals surface area contributed by atoms with Crippen molar-refractivity contribution < 1.29 is 9.59 Å². The molecule has 0 aromatic heterocycles. The Morgan fingerprint density at radius 3 is 2.24 bits per heavy atom. The minimum atomic E-state index is -0.551. The van der Waals surface area contributed by atoms with Crippen LogP contribution in [-0.4, -0.2) is 48.9 Å². The van der Waals surface area contributed by atoms with Crippen LogP contribution < -0.4 is 10.6 Å². The molecular weight excluding hydrogens is 338 g/mol. The zero-order chi connectivity index (χ0) is 18.8. The van der Waals surface area contributed by atoms with Crippen molar-refractivity contribution in [3.63, 3.8) is 0 Å². The van der Waals surface area contributed by atoms with Crippen molar-refractivity contribution in [3.05, 3.63) is 34.9 Å². The quantitative estimate of drug-likeness (QED) is 0.668. The molecule has 25 heavy (non-hydrogen) atoms. The Hall–Kier alpha value is -1.59. The van der Waals surface area contributed by atoms with E-state index in [9.17, 15) is 9.59 Å². The molecule has 5 nitrogen and oxygen atoms in total. The minimum Gasteiger partial charge on any atom is -0.353 e. The summed E-state index contributed by atoms with van der Waals surface area (Å²) in [6, 6.07) is 6.09. The molecule has 2 amide bonds. The van der Waals surface area contributed by atoms with E-state index in [4.69, 9.17) is 11.6 Å². The number of carbonyl (C=O) groups excluding carboxylic acids is 2. The largest absolute Gasteiger partial charge is 0.353 e. The van der Waals surface area contributed by atoms with E-state index in [0.717, 1.165) is 26.1 Å². The Kier molecular flexibility index (Phi) is 9.53. The summed E-state index contributed by atoms with van der Waals surface area (Å²) in [6.45, 7) is 11.5. The maximum Gasteiger partial charge on any atom is 0.251 e. The van der Waals surface area contributed by atoms with Crippen molar-refractivity contribution in [3.8, 4) is 0 Å². The van der Waals surface area contributed by atoms with Crippen LogP contribution in [0.1, 0.15) is 44.5 Å². The van der Waals surface area contributed by atoms with Crippen LogP contribution in [0.15, 0.2) is 24.3 Å². The van der Waals surface area contributed by atoms with Gasteiger partial charge in [0, 0.05) is 23.7 Å². The number of rotatable bonds is 10. The van der Waals surface area contributed by atoms with E-state index < -0.39 is 6.04 Å². The molecule has 2 unspecified atom stereocenters. The van der Waals surface area contributed by atoms with Crippen LogP contribution >= 0.6 is 11.6 Å². The topological polar surface area (TPSA) is 61.4 Å². The average molecular weight is 368 g/mol. The van der Waals surface area contributed by atoms with Crippen LogP contribution in [0.2, 0.25) is 5.02 Å². The van der Waals surface area contributed by atoms with Gasteiger partial charge in [-0.05, 0) is 43.3 Å². The summed E-state index contributed by atoms with van der Waals surface area (Å²) in [6.07, 6.45) is 0.801. The molecule has 0 aliphatic rings. The lowest BCUT2D eigenvalue weighted by atomic mass is 9.98. The maximum atomic E-state index is 12.6. The summed E-state index contributed by atoms with van der Waals surface area (Å²) in [5.41, 5.74) is 0.494. The number of hydrogen-bond acceptors (Lipinski definition) is 3. The normalized spacial score (nSPS) is 13.4.